The van der Waals surface area contributed by atoms with E-state index in [1.807, 2.05) is 13.0 Å². The Hall–Kier alpha value is -1.35. The van der Waals surface area contributed by atoms with Gasteiger partial charge in [0, 0.05) is 16.7 Å². The van der Waals surface area contributed by atoms with Gasteiger partial charge in [0.1, 0.15) is 5.75 Å². The number of carbonyl (C=O) groups is 1. The molecule has 0 bridgehead atoms. The van der Waals surface area contributed by atoms with Crippen LogP contribution in [-0.2, 0) is 11.2 Å². The number of hydrogen-bond acceptors (Lipinski definition) is 2. The number of aromatic hydroxyl groups is 1. The largest absolute Gasteiger partial charge is 0.506 e. The number of hydrogen-bond donors (Lipinski definition) is 1. The van der Waals surface area contributed by atoms with Crippen LogP contribution < -0.4 is 0 Å². The van der Waals surface area contributed by atoms with Gasteiger partial charge < -0.3 is 5.11 Å². The lowest BCUT2D eigenvalue weighted by molar-refractivity contribution is -0.132. The second-order valence-corrected chi connectivity index (χ2v) is 8.21. The SMILES string of the molecule is C[C@]12CCC3=C(CCc4cc(O)c(Cl)cc43)[C@@]13C[C@H]3[C@@H](F)C2=O. The zero-order valence-corrected chi connectivity index (χ0v) is 13.7. The van der Waals surface area contributed by atoms with Crippen LogP contribution >= 0.6 is 11.6 Å². The van der Waals surface area contributed by atoms with E-state index in [2.05, 4.69) is 0 Å². The molecule has 0 saturated heterocycles. The Morgan fingerprint density at radius 3 is 2.87 bits per heavy atom. The van der Waals surface area contributed by atoms with Crippen molar-refractivity contribution >= 4 is 23.0 Å². The minimum Gasteiger partial charge on any atom is -0.506 e. The van der Waals surface area contributed by atoms with E-state index in [4.69, 9.17) is 11.6 Å². The predicted molar refractivity (Wildman–Crippen MR) is 86.1 cm³/mol. The summed E-state index contributed by atoms with van der Waals surface area (Å²) in [4.78, 5) is 12.5. The summed E-state index contributed by atoms with van der Waals surface area (Å²) in [5, 5.41) is 10.2. The van der Waals surface area contributed by atoms with Crippen LogP contribution in [0.5, 0.6) is 5.75 Å². The zero-order chi connectivity index (χ0) is 16.1. The summed E-state index contributed by atoms with van der Waals surface area (Å²) in [5.74, 6) is -0.160. The van der Waals surface area contributed by atoms with E-state index in [1.165, 1.54) is 11.1 Å². The number of ketones is 1. The molecule has 5 rings (SSSR count). The van der Waals surface area contributed by atoms with Gasteiger partial charge in [0.05, 0.1) is 5.02 Å². The quantitative estimate of drug-likeness (QED) is 0.761. The first-order valence-corrected chi connectivity index (χ1v) is 8.70. The van der Waals surface area contributed by atoms with Gasteiger partial charge in [-0.15, -0.1) is 0 Å². The van der Waals surface area contributed by atoms with E-state index < -0.39 is 11.6 Å². The van der Waals surface area contributed by atoms with Crippen molar-refractivity contribution in [1.29, 1.82) is 0 Å². The smallest absolute Gasteiger partial charge is 0.173 e. The van der Waals surface area contributed by atoms with Gasteiger partial charge in [-0.1, -0.05) is 24.1 Å². The van der Waals surface area contributed by atoms with Crippen molar-refractivity contribution in [2.75, 3.05) is 0 Å². The lowest BCUT2D eigenvalue weighted by Gasteiger charge is -2.43. The van der Waals surface area contributed by atoms with Crippen molar-refractivity contribution < 1.29 is 14.3 Å². The number of aryl methyl sites for hydroxylation is 1. The summed E-state index contributed by atoms with van der Waals surface area (Å²) in [5.41, 5.74) is 4.02. The molecule has 23 heavy (non-hydrogen) atoms. The summed E-state index contributed by atoms with van der Waals surface area (Å²) in [6.45, 7) is 1.98. The van der Waals surface area contributed by atoms with Crippen LogP contribution in [0.3, 0.4) is 0 Å². The molecule has 0 heterocycles. The third kappa shape index (κ3) is 1.40. The summed E-state index contributed by atoms with van der Waals surface area (Å²) in [7, 11) is 0. The predicted octanol–water partition coefficient (Wildman–Crippen LogP) is 4.47. The highest BCUT2D eigenvalue weighted by molar-refractivity contribution is 6.32. The molecule has 1 aromatic rings. The average Bonchev–Trinajstić information content (AvgIpc) is 3.24. The first-order valence-electron chi connectivity index (χ1n) is 8.33. The molecule has 2 saturated carbocycles. The number of allylic oxidation sites excluding steroid dienone is 2. The van der Waals surface area contributed by atoms with Crippen LogP contribution in [0.1, 0.15) is 43.7 Å². The number of benzene rings is 1. The van der Waals surface area contributed by atoms with E-state index in [0.717, 1.165) is 43.2 Å². The van der Waals surface area contributed by atoms with Gasteiger partial charge in [-0.25, -0.2) is 4.39 Å². The first-order chi connectivity index (χ1) is 10.9. The molecule has 4 atom stereocenters. The second kappa shape index (κ2) is 4.00. The molecule has 0 aliphatic heterocycles. The topological polar surface area (TPSA) is 37.3 Å². The van der Waals surface area contributed by atoms with Crippen LogP contribution in [0.15, 0.2) is 17.7 Å². The van der Waals surface area contributed by atoms with Crippen molar-refractivity contribution in [3.05, 3.63) is 33.9 Å². The minimum atomic E-state index is -1.28. The fraction of sp³-hybridized carbons (Fsp3) is 0.526. The number of fused-ring (bicyclic) bond motifs is 2. The summed E-state index contributed by atoms with van der Waals surface area (Å²) < 4.78 is 14.4. The Bertz CT molecular complexity index is 814. The third-order valence-corrected chi connectivity index (χ3v) is 7.37. The highest BCUT2D eigenvalue weighted by Gasteiger charge is 2.79. The number of phenolic OH excluding ortho intramolecular Hbond substituents is 1. The van der Waals surface area contributed by atoms with Gasteiger partial charge in [0.2, 0.25) is 0 Å². The molecule has 4 aliphatic rings. The van der Waals surface area contributed by atoms with Crippen molar-refractivity contribution in [1.82, 2.24) is 0 Å². The summed E-state index contributed by atoms with van der Waals surface area (Å²) in [6.07, 6.45) is 2.75. The normalized spacial score (nSPS) is 40.4. The van der Waals surface area contributed by atoms with Crippen molar-refractivity contribution in [2.45, 2.75) is 45.2 Å². The monoisotopic (exact) mass is 332 g/mol. The van der Waals surface area contributed by atoms with Crippen molar-refractivity contribution in [3.63, 3.8) is 0 Å². The van der Waals surface area contributed by atoms with Crippen LogP contribution in [0.25, 0.3) is 5.57 Å². The number of alkyl halides is 1. The Kier molecular flexibility index (Phi) is 2.44. The van der Waals surface area contributed by atoms with Crippen molar-refractivity contribution in [3.8, 4) is 5.75 Å². The molecule has 2 nitrogen and oxygen atoms in total. The molecule has 0 radical (unpaired) electrons. The maximum atomic E-state index is 14.4. The van der Waals surface area contributed by atoms with Gasteiger partial charge in [-0.2, -0.15) is 0 Å². The number of Topliss-reactive ketones (excluding diaryl/α,β-unsaturated/α-hetero) is 1. The Labute approximate surface area is 139 Å². The summed E-state index contributed by atoms with van der Waals surface area (Å²) in [6, 6.07) is 3.61. The van der Waals surface area contributed by atoms with Gasteiger partial charge in [-0.3, -0.25) is 4.79 Å². The molecule has 0 amide bonds. The van der Waals surface area contributed by atoms with Crippen LogP contribution in [0.2, 0.25) is 5.02 Å². The van der Waals surface area contributed by atoms with Gasteiger partial charge >= 0.3 is 0 Å². The van der Waals surface area contributed by atoms with Gasteiger partial charge in [-0.05, 0) is 60.9 Å². The molecule has 1 N–H and O–H groups in total. The number of carbonyl (C=O) groups excluding carboxylic acids is 1. The molecular formula is C19H18ClFO2. The fourth-order valence-corrected chi connectivity index (χ4v) is 5.99. The average molecular weight is 333 g/mol. The highest BCUT2D eigenvalue weighted by atomic mass is 35.5. The highest BCUT2D eigenvalue weighted by Crippen LogP contribution is 2.79. The van der Waals surface area contributed by atoms with E-state index in [-0.39, 0.29) is 22.9 Å². The molecule has 120 valence electrons. The van der Waals surface area contributed by atoms with Crippen LogP contribution in [0, 0.1) is 16.7 Å². The van der Waals surface area contributed by atoms with Gasteiger partial charge in [0.15, 0.2) is 12.0 Å². The van der Waals surface area contributed by atoms with E-state index >= 15 is 0 Å². The Morgan fingerprint density at radius 1 is 1.30 bits per heavy atom. The third-order valence-electron chi connectivity index (χ3n) is 7.07. The molecule has 4 heteroatoms. The lowest BCUT2D eigenvalue weighted by Crippen LogP contribution is -2.40. The zero-order valence-electron chi connectivity index (χ0n) is 13.0. The van der Waals surface area contributed by atoms with Crippen LogP contribution in [0.4, 0.5) is 4.39 Å². The Morgan fingerprint density at radius 2 is 2.09 bits per heavy atom. The molecule has 2 fully saturated rings. The first kappa shape index (κ1) is 14.0. The number of rotatable bonds is 0. The van der Waals surface area contributed by atoms with Gasteiger partial charge in [0.25, 0.3) is 0 Å². The Balaban J connectivity index is 1.72. The summed E-state index contributed by atoms with van der Waals surface area (Å²) >= 11 is 6.12. The van der Waals surface area contributed by atoms with E-state index in [0.29, 0.717) is 5.02 Å². The second-order valence-electron chi connectivity index (χ2n) is 7.80. The fourth-order valence-electron chi connectivity index (χ4n) is 5.83. The maximum absolute atomic E-state index is 14.4. The molecule has 4 aliphatic carbocycles. The molecule has 0 aromatic heterocycles. The minimum absolute atomic E-state index is 0.112. The van der Waals surface area contributed by atoms with Crippen molar-refractivity contribution in [2.24, 2.45) is 16.7 Å². The van der Waals surface area contributed by atoms with E-state index in [9.17, 15) is 14.3 Å². The lowest BCUT2D eigenvalue weighted by atomic mass is 9.59. The molecular weight excluding hydrogens is 315 g/mol. The molecule has 0 unspecified atom stereocenters. The van der Waals surface area contributed by atoms with E-state index in [1.54, 1.807) is 6.07 Å². The maximum Gasteiger partial charge on any atom is 0.173 e. The van der Waals surface area contributed by atoms with Crippen LogP contribution in [-0.4, -0.2) is 17.1 Å². The number of halogens is 2. The standard InChI is InChI=1S/C19H18ClFO2/c1-18-5-4-10-11-7-14(20)15(22)6-9(11)2-3-12(10)19(18)8-13(19)16(21)17(18)23/h6-7,13,16,22H,2-5,8H2,1H3/t13-,16+,18+,19+/m0/s1. The molecule has 1 spiro atoms. The molecule has 1 aromatic carbocycles. The number of phenols is 1.